The molecule has 1 aliphatic heterocycles. The molecule has 1 aromatic heterocycles. The van der Waals surface area contributed by atoms with Gasteiger partial charge in [0, 0.05) is 30.8 Å². The van der Waals surface area contributed by atoms with Crippen molar-refractivity contribution in [1.82, 2.24) is 21.0 Å². The minimum Gasteiger partial charge on any atom is -0.376 e. The number of nitro groups is 1. The average Bonchev–Trinajstić information content (AvgIpc) is 3.40. The Labute approximate surface area is 173 Å². The molecule has 1 aliphatic rings. The normalized spacial score (nSPS) is 15.7. The van der Waals surface area contributed by atoms with E-state index < -0.39 is 16.7 Å². The van der Waals surface area contributed by atoms with Gasteiger partial charge in [0.15, 0.2) is 4.34 Å². The topological polar surface area (TPSA) is 148 Å². The number of anilines is 1. The first-order chi connectivity index (χ1) is 14.0. The second kappa shape index (κ2) is 10.1. The summed E-state index contributed by atoms with van der Waals surface area (Å²) >= 11 is 2.51. The van der Waals surface area contributed by atoms with Crippen LogP contribution in [0.2, 0.25) is 0 Å². The van der Waals surface area contributed by atoms with Crippen molar-refractivity contribution in [2.24, 2.45) is 0 Å². The molecule has 1 atom stereocenters. The molecule has 2 amide bonds. The maximum absolute atomic E-state index is 12.0. The summed E-state index contributed by atoms with van der Waals surface area (Å²) in [5.41, 5.74) is 4.35. The van der Waals surface area contributed by atoms with Gasteiger partial charge < -0.3 is 10.1 Å². The lowest BCUT2D eigenvalue weighted by Crippen LogP contribution is -2.42. The molecule has 0 aliphatic carbocycles. The van der Waals surface area contributed by atoms with Gasteiger partial charge in [-0.3, -0.25) is 30.6 Å². The Balaban J connectivity index is 1.39. The van der Waals surface area contributed by atoms with Gasteiger partial charge in [-0.2, -0.15) is 0 Å². The summed E-state index contributed by atoms with van der Waals surface area (Å²) in [6.45, 7) is 1.46. The Bertz CT molecular complexity index is 886. The molecule has 3 N–H and O–H groups in total. The zero-order valence-electron chi connectivity index (χ0n) is 15.1. The largest absolute Gasteiger partial charge is 0.376 e. The number of rotatable bonds is 8. The van der Waals surface area contributed by atoms with Crippen molar-refractivity contribution in [3.05, 3.63) is 39.9 Å². The molecule has 11 nitrogen and oxygen atoms in total. The third kappa shape index (κ3) is 6.37. The van der Waals surface area contributed by atoms with E-state index in [9.17, 15) is 19.7 Å². The van der Waals surface area contributed by atoms with Crippen LogP contribution < -0.4 is 16.2 Å². The Morgan fingerprint density at radius 1 is 1.34 bits per heavy atom. The van der Waals surface area contributed by atoms with Gasteiger partial charge in [0.05, 0.1) is 16.8 Å². The maximum Gasteiger partial charge on any atom is 0.270 e. The fourth-order valence-electron chi connectivity index (χ4n) is 2.47. The molecule has 29 heavy (non-hydrogen) atoms. The van der Waals surface area contributed by atoms with Crippen molar-refractivity contribution in [1.29, 1.82) is 0 Å². The van der Waals surface area contributed by atoms with Crippen LogP contribution in [-0.4, -0.2) is 51.9 Å². The number of hydrogen-bond acceptors (Lipinski definition) is 10. The molecular weight excluding hydrogens is 420 g/mol. The quantitative estimate of drug-likeness (QED) is 0.317. The summed E-state index contributed by atoms with van der Waals surface area (Å²) in [6.07, 6.45) is 2.28. The zero-order valence-corrected chi connectivity index (χ0v) is 16.8. The second-order valence-electron chi connectivity index (χ2n) is 5.99. The van der Waals surface area contributed by atoms with E-state index >= 15 is 0 Å². The highest BCUT2D eigenvalue weighted by atomic mass is 32.2. The van der Waals surface area contributed by atoms with Gasteiger partial charge in [0.25, 0.3) is 11.6 Å². The SMILES string of the molecule is O=C(CSc1nnc(NCC2CCCO2)s1)NNC(=O)c1cccc([N+](=O)[O-])c1. The molecule has 1 fully saturated rings. The van der Waals surface area contributed by atoms with Gasteiger partial charge in [0.1, 0.15) is 0 Å². The van der Waals surface area contributed by atoms with Gasteiger partial charge >= 0.3 is 0 Å². The fourth-order valence-corrected chi connectivity index (χ4v) is 4.03. The third-order valence-corrected chi connectivity index (χ3v) is 5.89. The lowest BCUT2D eigenvalue weighted by Gasteiger charge is -2.08. The van der Waals surface area contributed by atoms with Crippen molar-refractivity contribution < 1.29 is 19.2 Å². The summed E-state index contributed by atoms with van der Waals surface area (Å²) in [5.74, 6) is -1.07. The number of aromatic nitrogens is 2. The number of hydrazine groups is 1. The number of nitrogens with one attached hydrogen (secondary N) is 3. The monoisotopic (exact) mass is 438 g/mol. The van der Waals surface area contributed by atoms with E-state index in [1.165, 1.54) is 41.3 Å². The second-order valence-corrected chi connectivity index (χ2v) is 8.19. The standard InChI is InChI=1S/C16H18N6O5S2/c23-13(18-19-14(24)10-3-1-4-11(7-10)22(25)26)9-28-16-21-20-15(29-16)17-8-12-5-2-6-27-12/h1,3-4,7,12H,2,5-6,8-9H2,(H,17,20)(H,18,23)(H,19,24). The highest BCUT2D eigenvalue weighted by Gasteiger charge is 2.16. The van der Waals surface area contributed by atoms with Crippen molar-refractivity contribution in [3.63, 3.8) is 0 Å². The molecule has 1 saturated heterocycles. The predicted molar refractivity (Wildman–Crippen MR) is 107 cm³/mol. The number of carbonyl (C=O) groups is 2. The zero-order chi connectivity index (χ0) is 20.6. The van der Waals surface area contributed by atoms with Crippen LogP contribution >= 0.6 is 23.1 Å². The van der Waals surface area contributed by atoms with Crippen LogP contribution in [0.15, 0.2) is 28.6 Å². The van der Waals surface area contributed by atoms with Crippen LogP contribution in [0, 0.1) is 10.1 Å². The summed E-state index contributed by atoms with van der Waals surface area (Å²) in [7, 11) is 0. The first kappa shape index (κ1) is 21.0. The van der Waals surface area contributed by atoms with Gasteiger partial charge in [-0.25, -0.2) is 0 Å². The summed E-state index contributed by atoms with van der Waals surface area (Å²) in [4.78, 5) is 34.0. The Hall–Kier alpha value is -2.77. The fraction of sp³-hybridized carbons (Fsp3) is 0.375. The van der Waals surface area contributed by atoms with Gasteiger partial charge in [0.2, 0.25) is 11.0 Å². The first-order valence-electron chi connectivity index (χ1n) is 8.66. The Kier molecular flexibility index (Phi) is 7.32. The Morgan fingerprint density at radius 3 is 2.97 bits per heavy atom. The number of benzene rings is 1. The lowest BCUT2D eigenvalue weighted by molar-refractivity contribution is -0.384. The highest BCUT2D eigenvalue weighted by Crippen LogP contribution is 2.25. The van der Waals surface area contributed by atoms with Gasteiger partial charge in [-0.1, -0.05) is 29.2 Å². The average molecular weight is 438 g/mol. The number of carbonyl (C=O) groups excluding carboxylic acids is 2. The van der Waals surface area contributed by atoms with Crippen LogP contribution in [-0.2, 0) is 9.53 Å². The molecule has 1 aromatic carbocycles. The van der Waals surface area contributed by atoms with Crippen molar-refractivity contribution in [2.75, 3.05) is 24.2 Å². The Morgan fingerprint density at radius 2 is 2.21 bits per heavy atom. The maximum atomic E-state index is 12.0. The van der Waals surface area contributed by atoms with E-state index in [2.05, 4.69) is 26.4 Å². The molecule has 0 saturated carbocycles. The summed E-state index contributed by atoms with van der Waals surface area (Å²) < 4.78 is 6.14. The molecule has 0 bridgehead atoms. The summed E-state index contributed by atoms with van der Waals surface area (Å²) in [6, 6.07) is 5.21. The van der Waals surface area contributed by atoms with Gasteiger partial charge in [-0.15, -0.1) is 10.2 Å². The number of amides is 2. The number of nitrogens with zero attached hydrogens (tertiary/aromatic N) is 3. The number of hydrogen-bond donors (Lipinski definition) is 3. The van der Waals surface area contributed by atoms with Crippen LogP contribution in [0.4, 0.5) is 10.8 Å². The van der Waals surface area contributed by atoms with Crippen LogP contribution in [0.1, 0.15) is 23.2 Å². The van der Waals surface area contributed by atoms with E-state index in [0.29, 0.717) is 16.0 Å². The van der Waals surface area contributed by atoms with E-state index in [0.717, 1.165) is 25.5 Å². The van der Waals surface area contributed by atoms with E-state index in [4.69, 9.17) is 4.74 Å². The molecule has 2 aromatic rings. The van der Waals surface area contributed by atoms with E-state index in [1.54, 1.807) is 0 Å². The minimum atomic E-state index is -0.649. The summed E-state index contributed by atoms with van der Waals surface area (Å²) in [5, 5.41) is 22.6. The number of ether oxygens (including phenoxy) is 1. The molecule has 13 heteroatoms. The molecule has 154 valence electrons. The molecule has 2 heterocycles. The molecule has 0 spiro atoms. The van der Waals surface area contributed by atoms with Crippen molar-refractivity contribution in [2.45, 2.75) is 23.3 Å². The minimum absolute atomic E-state index is 0.0234. The number of thioether (sulfide) groups is 1. The molecule has 1 unspecified atom stereocenters. The smallest absolute Gasteiger partial charge is 0.270 e. The molecule has 3 rings (SSSR count). The van der Waals surface area contributed by atoms with E-state index in [1.807, 2.05) is 0 Å². The third-order valence-electron chi connectivity index (χ3n) is 3.87. The van der Waals surface area contributed by atoms with Crippen molar-refractivity contribution >= 4 is 45.7 Å². The van der Waals surface area contributed by atoms with Crippen LogP contribution in [0.25, 0.3) is 0 Å². The van der Waals surface area contributed by atoms with Gasteiger partial charge in [-0.05, 0) is 18.9 Å². The first-order valence-corrected chi connectivity index (χ1v) is 10.5. The van der Waals surface area contributed by atoms with Crippen LogP contribution in [0.3, 0.4) is 0 Å². The number of non-ortho nitro benzene ring substituents is 1. The highest BCUT2D eigenvalue weighted by molar-refractivity contribution is 8.01. The van der Waals surface area contributed by atoms with Crippen molar-refractivity contribution in [3.8, 4) is 0 Å². The lowest BCUT2D eigenvalue weighted by atomic mass is 10.2. The number of nitro benzene ring substituents is 1. The molecular formula is C16H18N6O5S2. The molecule has 0 radical (unpaired) electrons. The van der Waals surface area contributed by atoms with Crippen LogP contribution in [0.5, 0.6) is 0 Å². The van der Waals surface area contributed by atoms with E-state index in [-0.39, 0.29) is 23.1 Å². The predicted octanol–water partition coefficient (Wildman–Crippen LogP) is 1.59.